The monoisotopic (exact) mass is 344 g/mol. The van der Waals surface area contributed by atoms with Crippen LogP contribution in [0.2, 0.25) is 0 Å². The molecule has 130 valence electrons. The van der Waals surface area contributed by atoms with Gasteiger partial charge in [0.1, 0.15) is 12.1 Å². The molecule has 2 aromatic heterocycles. The Morgan fingerprint density at radius 1 is 1.40 bits per heavy atom. The Morgan fingerprint density at radius 2 is 2.24 bits per heavy atom. The van der Waals surface area contributed by atoms with Gasteiger partial charge in [-0.1, -0.05) is 23.4 Å². The van der Waals surface area contributed by atoms with Crippen molar-refractivity contribution in [1.82, 2.24) is 30.6 Å². The van der Waals surface area contributed by atoms with E-state index in [2.05, 4.69) is 30.6 Å². The van der Waals surface area contributed by atoms with E-state index in [-0.39, 0.29) is 24.2 Å². The SMILES string of the molecule is C[C@@H](Cc1ccccc1F)NC(=O)CCc1nc(-c2ncn[nH]2)no1. The van der Waals surface area contributed by atoms with Crippen LogP contribution in [0.3, 0.4) is 0 Å². The van der Waals surface area contributed by atoms with Crippen molar-refractivity contribution in [2.75, 3.05) is 0 Å². The number of amides is 1. The van der Waals surface area contributed by atoms with Gasteiger partial charge in [0.05, 0.1) is 0 Å². The molecule has 1 aromatic carbocycles. The summed E-state index contributed by atoms with van der Waals surface area (Å²) in [5.74, 6) is 0.597. The first-order valence-electron chi connectivity index (χ1n) is 7.83. The lowest BCUT2D eigenvalue weighted by atomic mass is 10.1. The Bertz CT molecular complexity index is 833. The second-order valence-electron chi connectivity index (χ2n) is 5.61. The van der Waals surface area contributed by atoms with Crippen LogP contribution in [0.4, 0.5) is 4.39 Å². The minimum absolute atomic E-state index is 0.164. The molecule has 1 amide bonds. The van der Waals surface area contributed by atoms with Crippen LogP contribution in [0.25, 0.3) is 11.6 Å². The minimum atomic E-state index is -0.269. The summed E-state index contributed by atoms with van der Waals surface area (Å²) in [6, 6.07) is 6.35. The number of aromatic amines is 1. The Balaban J connectivity index is 1.47. The lowest BCUT2D eigenvalue weighted by molar-refractivity contribution is -0.121. The van der Waals surface area contributed by atoms with Crippen LogP contribution in [-0.4, -0.2) is 37.3 Å². The molecule has 2 N–H and O–H groups in total. The number of carbonyl (C=O) groups excluding carboxylic acids is 1. The van der Waals surface area contributed by atoms with E-state index in [1.54, 1.807) is 18.2 Å². The van der Waals surface area contributed by atoms with E-state index in [9.17, 15) is 9.18 Å². The van der Waals surface area contributed by atoms with Crippen molar-refractivity contribution in [2.24, 2.45) is 0 Å². The average Bonchev–Trinajstić information content (AvgIpc) is 3.26. The molecule has 0 aliphatic rings. The van der Waals surface area contributed by atoms with E-state index in [1.807, 2.05) is 6.92 Å². The Kier molecular flexibility index (Phi) is 5.12. The number of aromatic nitrogens is 5. The molecule has 8 nitrogen and oxygen atoms in total. The molecule has 0 aliphatic carbocycles. The number of H-pyrrole nitrogens is 1. The fourth-order valence-electron chi connectivity index (χ4n) is 2.38. The molecule has 3 rings (SSSR count). The summed E-state index contributed by atoms with van der Waals surface area (Å²) >= 11 is 0. The molecule has 0 fully saturated rings. The van der Waals surface area contributed by atoms with E-state index in [0.29, 0.717) is 35.9 Å². The van der Waals surface area contributed by atoms with Crippen molar-refractivity contribution in [1.29, 1.82) is 0 Å². The molecule has 0 unspecified atom stereocenters. The molecule has 3 aromatic rings. The van der Waals surface area contributed by atoms with Crippen LogP contribution in [0, 0.1) is 5.82 Å². The smallest absolute Gasteiger partial charge is 0.239 e. The first-order chi connectivity index (χ1) is 12.1. The lowest BCUT2D eigenvalue weighted by Crippen LogP contribution is -2.34. The van der Waals surface area contributed by atoms with E-state index in [0.717, 1.165) is 0 Å². The van der Waals surface area contributed by atoms with E-state index in [4.69, 9.17) is 4.52 Å². The van der Waals surface area contributed by atoms with Crippen molar-refractivity contribution >= 4 is 5.91 Å². The maximum absolute atomic E-state index is 13.6. The Morgan fingerprint density at radius 3 is 3.00 bits per heavy atom. The van der Waals surface area contributed by atoms with Gasteiger partial charge in [-0.2, -0.15) is 10.1 Å². The third-order valence-electron chi connectivity index (χ3n) is 3.55. The van der Waals surface area contributed by atoms with Gasteiger partial charge in [0, 0.05) is 18.9 Å². The molecule has 0 aliphatic heterocycles. The number of carbonyl (C=O) groups is 1. The summed E-state index contributed by atoms with van der Waals surface area (Å²) in [5.41, 5.74) is 0.573. The minimum Gasteiger partial charge on any atom is -0.353 e. The maximum atomic E-state index is 13.6. The van der Waals surface area contributed by atoms with E-state index < -0.39 is 0 Å². The van der Waals surface area contributed by atoms with Gasteiger partial charge in [0.25, 0.3) is 0 Å². The van der Waals surface area contributed by atoms with Crippen LogP contribution >= 0.6 is 0 Å². The summed E-state index contributed by atoms with van der Waals surface area (Å²) in [6.45, 7) is 1.83. The standard InChI is InChI=1S/C16H17FN6O2/c1-10(8-11-4-2-3-5-12(11)17)20-13(24)6-7-14-21-16(23-25-14)15-18-9-19-22-15/h2-5,9-10H,6-8H2,1H3,(H,20,24)(H,18,19,22)/t10-/m0/s1. The van der Waals surface area contributed by atoms with Gasteiger partial charge < -0.3 is 9.84 Å². The Labute approximate surface area is 142 Å². The van der Waals surface area contributed by atoms with Crippen molar-refractivity contribution in [2.45, 2.75) is 32.2 Å². The first kappa shape index (κ1) is 16.7. The zero-order valence-corrected chi connectivity index (χ0v) is 13.6. The summed E-state index contributed by atoms with van der Waals surface area (Å²) in [4.78, 5) is 20.1. The molecular weight excluding hydrogens is 327 g/mol. The largest absolute Gasteiger partial charge is 0.353 e. The molecule has 0 saturated carbocycles. The van der Waals surface area contributed by atoms with Gasteiger partial charge in [-0.15, -0.1) is 0 Å². The van der Waals surface area contributed by atoms with Crippen LogP contribution < -0.4 is 5.32 Å². The normalized spacial score (nSPS) is 12.1. The van der Waals surface area contributed by atoms with Gasteiger partial charge in [-0.3, -0.25) is 9.89 Å². The predicted octanol–water partition coefficient (Wildman–Crippen LogP) is 1.67. The van der Waals surface area contributed by atoms with Crippen molar-refractivity contribution < 1.29 is 13.7 Å². The second-order valence-corrected chi connectivity index (χ2v) is 5.61. The van der Waals surface area contributed by atoms with E-state index in [1.165, 1.54) is 12.4 Å². The summed E-state index contributed by atoms with van der Waals surface area (Å²) < 4.78 is 18.7. The number of hydrogen-bond acceptors (Lipinski definition) is 6. The number of benzene rings is 1. The van der Waals surface area contributed by atoms with Crippen LogP contribution in [0.1, 0.15) is 24.8 Å². The number of nitrogens with one attached hydrogen (secondary N) is 2. The number of halogens is 1. The molecule has 0 bridgehead atoms. The zero-order chi connectivity index (χ0) is 17.6. The van der Waals surface area contributed by atoms with Crippen molar-refractivity contribution in [3.8, 4) is 11.6 Å². The van der Waals surface area contributed by atoms with Crippen LogP contribution in [0.5, 0.6) is 0 Å². The highest BCUT2D eigenvalue weighted by Gasteiger charge is 2.14. The van der Waals surface area contributed by atoms with Crippen LogP contribution in [-0.2, 0) is 17.6 Å². The highest BCUT2D eigenvalue weighted by atomic mass is 19.1. The van der Waals surface area contributed by atoms with Gasteiger partial charge in [0.2, 0.25) is 17.6 Å². The predicted molar refractivity (Wildman–Crippen MR) is 85.7 cm³/mol. The maximum Gasteiger partial charge on any atom is 0.239 e. The zero-order valence-electron chi connectivity index (χ0n) is 13.6. The Hall–Kier alpha value is -3.10. The molecule has 25 heavy (non-hydrogen) atoms. The number of aryl methyl sites for hydroxylation is 1. The lowest BCUT2D eigenvalue weighted by Gasteiger charge is -2.14. The van der Waals surface area contributed by atoms with Crippen molar-refractivity contribution in [3.05, 3.63) is 47.9 Å². The van der Waals surface area contributed by atoms with Crippen LogP contribution in [0.15, 0.2) is 35.1 Å². The molecule has 0 spiro atoms. The van der Waals surface area contributed by atoms with Gasteiger partial charge in [-0.25, -0.2) is 9.37 Å². The number of hydrogen-bond donors (Lipinski definition) is 2. The molecule has 0 saturated heterocycles. The summed E-state index contributed by atoms with van der Waals surface area (Å²) in [6.07, 6.45) is 2.27. The van der Waals surface area contributed by atoms with Crippen molar-refractivity contribution in [3.63, 3.8) is 0 Å². The molecule has 0 radical (unpaired) electrons. The number of nitrogens with zero attached hydrogens (tertiary/aromatic N) is 4. The van der Waals surface area contributed by atoms with Gasteiger partial charge in [0.15, 0.2) is 5.82 Å². The molecular formula is C16H17FN6O2. The molecule has 2 heterocycles. The third-order valence-corrected chi connectivity index (χ3v) is 3.55. The number of rotatable bonds is 7. The fourth-order valence-corrected chi connectivity index (χ4v) is 2.38. The summed E-state index contributed by atoms with van der Waals surface area (Å²) in [7, 11) is 0. The fraction of sp³-hybridized carbons (Fsp3) is 0.312. The highest BCUT2D eigenvalue weighted by molar-refractivity contribution is 5.76. The average molecular weight is 344 g/mol. The highest BCUT2D eigenvalue weighted by Crippen LogP contribution is 2.11. The topological polar surface area (TPSA) is 110 Å². The van der Waals surface area contributed by atoms with Gasteiger partial charge in [-0.05, 0) is 25.0 Å². The quantitative estimate of drug-likeness (QED) is 0.675. The third kappa shape index (κ3) is 4.46. The first-order valence-corrected chi connectivity index (χ1v) is 7.83. The molecule has 1 atom stereocenters. The summed E-state index contributed by atoms with van der Waals surface area (Å²) in [5, 5.41) is 12.9. The molecule has 9 heteroatoms. The second kappa shape index (κ2) is 7.65. The van der Waals surface area contributed by atoms with Gasteiger partial charge >= 0.3 is 0 Å². The van der Waals surface area contributed by atoms with E-state index >= 15 is 0 Å².